The predicted molar refractivity (Wildman–Crippen MR) is 25.5 cm³/mol. The fraction of sp³-hybridized carbons (Fsp3) is 1.00. The van der Waals surface area contributed by atoms with E-state index < -0.39 is 0 Å². The average molecular weight is 87.1 g/mol. The van der Waals surface area contributed by atoms with Crippen LogP contribution in [-0.4, -0.2) is 5.54 Å². The molecule has 0 N–H and O–H groups in total. The molecular formula is C4H9NO. The summed E-state index contributed by atoms with van der Waals surface area (Å²) in [5.41, 5.74) is -0.389. The van der Waals surface area contributed by atoms with Gasteiger partial charge in [0.15, 0.2) is 0 Å². The monoisotopic (exact) mass is 87.1 g/mol. The van der Waals surface area contributed by atoms with E-state index in [0.717, 1.165) is 0 Å². The summed E-state index contributed by atoms with van der Waals surface area (Å²) in [6, 6.07) is 0. The van der Waals surface area contributed by atoms with Gasteiger partial charge >= 0.3 is 0 Å². The van der Waals surface area contributed by atoms with Crippen LogP contribution in [0.2, 0.25) is 0 Å². The van der Waals surface area contributed by atoms with Gasteiger partial charge in [-0.05, 0) is 20.8 Å². The largest absolute Gasteiger partial charge is 0.150 e. The first-order valence-electron chi connectivity index (χ1n) is 1.91. The molecule has 2 heteroatoms. The molecule has 0 atom stereocenters. The zero-order valence-electron chi connectivity index (χ0n) is 4.36. The van der Waals surface area contributed by atoms with Crippen LogP contribution >= 0.6 is 0 Å². The van der Waals surface area contributed by atoms with Crippen LogP contribution in [0.3, 0.4) is 0 Å². The molecule has 0 amide bonds. The van der Waals surface area contributed by atoms with Crippen molar-refractivity contribution in [2.24, 2.45) is 5.18 Å². The normalized spacial score (nSPS) is 11.2. The molecule has 6 heavy (non-hydrogen) atoms. The number of hydrogen-bond acceptors (Lipinski definition) is 2. The molecule has 0 aromatic carbocycles. The lowest BCUT2D eigenvalue weighted by molar-refractivity contribution is 0.578. The van der Waals surface area contributed by atoms with Crippen molar-refractivity contribution in [2.45, 2.75) is 26.3 Å². The summed E-state index contributed by atoms with van der Waals surface area (Å²) in [5, 5.41) is 2.77. The Morgan fingerprint density at radius 1 is 1.33 bits per heavy atom. The lowest BCUT2D eigenvalue weighted by Crippen LogP contribution is -2.06. The van der Waals surface area contributed by atoms with Crippen LogP contribution in [0.4, 0.5) is 0 Å². The van der Waals surface area contributed by atoms with E-state index in [1.165, 1.54) is 0 Å². The van der Waals surface area contributed by atoms with Crippen molar-refractivity contribution in [3.8, 4) is 0 Å². The SMILES string of the molecule is CC(C)(C)N=O. The van der Waals surface area contributed by atoms with Crippen molar-refractivity contribution in [2.75, 3.05) is 0 Å². The highest BCUT2D eigenvalue weighted by molar-refractivity contribution is 4.66. The average Bonchev–Trinajstić information content (AvgIpc) is 1.35. The van der Waals surface area contributed by atoms with E-state index in [-0.39, 0.29) is 5.54 Å². The number of nitroso groups, excluding NO2 is 1. The van der Waals surface area contributed by atoms with E-state index >= 15 is 0 Å². The Bertz CT molecular complexity index is 53.1. The van der Waals surface area contributed by atoms with Gasteiger partial charge in [-0.25, -0.2) is 0 Å². The van der Waals surface area contributed by atoms with Crippen LogP contribution in [0.1, 0.15) is 20.8 Å². The van der Waals surface area contributed by atoms with E-state index in [2.05, 4.69) is 5.18 Å². The Morgan fingerprint density at radius 3 is 1.50 bits per heavy atom. The standard InChI is InChI=1S/C4H9NO/c1-4(2,3)5-6/h1-3H3. The summed E-state index contributed by atoms with van der Waals surface area (Å²) < 4.78 is 0. The van der Waals surface area contributed by atoms with Crippen LogP contribution in [-0.2, 0) is 0 Å². The predicted octanol–water partition coefficient (Wildman–Crippen LogP) is 1.55. The molecule has 0 saturated carbocycles. The van der Waals surface area contributed by atoms with E-state index in [4.69, 9.17) is 0 Å². The summed E-state index contributed by atoms with van der Waals surface area (Å²) in [5.74, 6) is 0. The van der Waals surface area contributed by atoms with Crippen molar-refractivity contribution in [1.29, 1.82) is 0 Å². The molecule has 0 heterocycles. The third kappa shape index (κ3) is 3.60. The molecule has 0 unspecified atom stereocenters. The minimum absolute atomic E-state index is 0.389. The summed E-state index contributed by atoms with van der Waals surface area (Å²) in [7, 11) is 0. The van der Waals surface area contributed by atoms with Crippen molar-refractivity contribution in [3.05, 3.63) is 4.91 Å². The Labute approximate surface area is 37.5 Å². The third-order valence-corrected chi connectivity index (χ3v) is 0.274. The Kier molecular flexibility index (Phi) is 1.28. The zero-order valence-corrected chi connectivity index (χ0v) is 4.36. The van der Waals surface area contributed by atoms with Gasteiger partial charge in [0.25, 0.3) is 0 Å². The molecule has 0 aliphatic heterocycles. The topological polar surface area (TPSA) is 29.4 Å². The molecule has 0 bridgehead atoms. The Balaban J connectivity index is 3.45. The van der Waals surface area contributed by atoms with Gasteiger partial charge in [-0.15, -0.1) is 0 Å². The van der Waals surface area contributed by atoms with Gasteiger partial charge in [0.1, 0.15) is 0 Å². The molecule has 0 spiro atoms. The molecule has 0 aromatic heterocycles. The summed E-state index contributed by atoms with van der Waals surface area (Å²) in [4.78, 5) is 9.58. The first kappa shape index (κ1) is 5.60. The lowest BCUT2D eigenvalue weighted by Gasteiger charge is -2.01. The van der Waals surface area contributed by atoms with Gasteiger partial charge < -0.3 is 0 Å². The summed E-state index contributed by atoms with van der Waals surface area (Å²) in [6.45, 7) is 5.29. The van der Waals surface area contributed by atoms with E-state index in [0.29, 0.717) is 0 Å². The summed E-state index contributed by atoms with van der Waals surface area (Å²) >= 11 is 0. The number of hydrogen-bond donors (Lipinski definition) is 0. The molecule has 0 saturated heterocycles. The Morgan fingerprint density at radius 2 is 1.50 bits per heavy atom. The molecule has 0 radical (unpaired) electrons. The van der Waals surface area contributed by atoms with Gasteiger partial charge in [0.2, 0.25) is 0 Å². The smallest absolute Gasteiger partial charge is 0.0942 e. The van der Waals surface area contributed by atoms with Crippen LogP contribution < -0.4 is 0 Å². The number of nitrogens with zero attached hydrogens (tertiary/aromatic N) is 1. The second-order valence-electron chi connectivity index (χ2n) is 2.26. The second kappa shape index (κ2) is 1.37. The number of rotatable bonds is 0. The van der Waals surface area contributed by atoms with E-state index in [1.54, 1.807) is 20.8 Å². The molecule has 36 valence electrons. The molecule has 0 fully saturated rings. The minimum atomic E-state index is -0.389. The maximum Gasteiger partial charge on any atom is 0.0942 e. The van der Waals surface area contributed by atoms with Crippen molar-refractivity contribution >= 4 is 0 Å². The highest BCUT2D eigenvalue weighted by Crippen LogP contribution is 2.02. The van der Waals surface area contributed by atoms with Crippen LogP contribution in [0.25, 0.3) is 0 Å². The highest BCUT2D eigenvalue weighted by atomic mass is 16.3. The molecule has 0 aromatic rings. The van der Waals surface area contributed by atoms with E-state index in [9.17, 15) is 4.91 Å². The second-order valence-corrected chi connectivity index (χ2v) is 2.26. The minimum Gasteiger partial charge on any atom is -0.150 e. The molecule has 0 aliphatic rings. The van der Waals surface area contributed by atoms with Gasteiger partial charge in [0, 0.05) is 0 Å². The van der Waals surface area contributed by atoms with Crippen LogP contribution in [0.5, 0.6) is 0 Å². The summed E-state index contributed by atoms with van der Waals surface area (Å²) in [6.07, 6.45) is 0. The quantitative estimate of drug-likeness (QED) is 0.412. The van der Waals surface area contributed by atoms with Gasteiger partial charge in [-0.2, -0.15) is 4.91 Å². The van der Waals surface area contributed by atoms with Gasteiger partial charge in [-0.1, -0.05) is 5.18 Å². The molecule has 0 aliphatic carbocycles. The van der Waals surface area contributed by atoms with Gasteiger partial charge in [0.05, 0.1) is 5.54 Å². The van der Waals surface area contributed by atoms with Crippen molar-refractivity contribution < 1.29 is 0 Å². The van der Waals surface area contributed by atoms with Gasteiger partial charge in [-0.3, -0.25) is 0 Å². The van der Waals surface area contributed by atoms with Crippen LogP contribution in [0, 0.1) is 4.91 Å². The zero-order chi connectivity index (χ0) is 5.21. The maximum absolute atomic E-state index is 9.58. The lowest BCUT2D eigenvalue weighted by atomic mass is 10.1. The van der Waals surface area contributed by atoms with E-state index in [1.807, 2.05) is 0 Å². The first-order valence-corrected chi connectivity index (χ1v) is 1.91. The van der Waals surface area contributed by atoms with Crippen LogP contribution in [0.15, 0.2) is 5.18 Å². The van der Waals surface area contributed by atoms with Crippen molar-refractivity contribution in [1.82, 2.24) is 0 Å². The molecule has 0 rings (SSSR count). The Hall–Kier alpha value is -0.400. The van der Waals surface area contributed by atoms with Crippen molar-refractivity contribution in [3.63, 3.8) is 0 Å². The third-order valence-electron chi connectivity index (χ3n) is 0.274. The molecular weight excluding hydrogens is 78.0 g/mol. The fourth-order valence-electron chi connectivity index (χ4n) is 0. The highest BCUT2D eigenvalue weighted by Gasteiger charge is 2.06. The fourth-order valence-corrected chi connectivity index (χ4v) is 0. The maximum atomic E-state index is 9.58. The first-order chi connectivity index (χ1) is 2.56. The molecule has 2 nitrogen and oxygen atoms in total.